The van der Waals surface area contributed by atoms with Crippen molar-refractivity contribution in [1.29, 1.82) is 0 Å². The summed E-state index contributed by atoms with van der Waals surface area (Å²) >= 11 is 6.59. The van der Waals surface area contributed by atoms with Gasteiger partial charge >= 0.3 is 0 Å². The largest absolute Gasteiger partial charge is 0.346 e. The van der Waals surface area contributed by atoms with Crippen molar-refractivity contribution in [1.82, 2.24) is 9.45 Å². The van der Waals surface area contributed by atoms with E-state index in [1.54, 1.807) is 0 Å². The topological polar surface area (TPSA) is 34.4 Å². The molecule has 0 radical (unpaired) electrons. The van der Waals surface area contributed by atoms with Gasteiger partial charge in [-0.05, 0) is 23.8 Å². The molecule has 2 aliphatic heterocycles. The Kier molecular flexibility index (Phi) is 5.80. The van der Waals surface area contributed by atoms with Crippen molar-refractivity contribution >= 4 is 36.5 Å². The van der Waals surface area contributed by atoms with Gasteiger partial charge in [0, 0.05) is 44.0 Å². The molecule has 0 saturated carbocycles. The van der Waals surface area contributed by atoms with Crippen LogP contribution in [0, 0.1) is 0 Å². The Morgan fingerprint density at radius 3 is 2.32 bits per heavy atom. The molecule has 0 saturated heterocycles. The Hall–Kier alpha value is -2.07. The molecular formula is C24H31ClN5P. The van der Waals surface area contributed by atoms with Crippen LogP contribution in [0.1, 0.15) is 33.3 Å². The molecule has 2 heterocycles. The SMILES string of the molecule is CCN(CC)P1(=Nc2ccccc2Cl)/C(=C2/N(C)c3ccccc3C2(C)C)C=NN1C. The van der Waals surface area contributed by atoms with E-state index < -0.39 is 7.36 Å². The minimum Gasteiger partial charge on any atom is -0.346 e. The number of likely N-dealkylation sites (N-methyl/N-ethyl adjacent to an activating group) is 1. The number of allylic oxidation sites excluding steroid dienone is 2. The zero-order valence-electron chi connectivity index (χ0n) is 19.2. The van der Waals surface area contributed by atoms with Gasteiger partial charge in [0.15, 0.2) is 7.36 Å². The van der Waals surface area contributed by atoms with Gasteiger partial charge in [-0.2, -0.15) is 5.10 Å². The summed E-state index contributed by atoms with van der Waals surface area (Å²) in [6.45, 7) is 10.7. The molecule has 0 bridgehead atoms. The zero-order valence-corrected chi connectivity index (χ0v) is 20.8. The van der Waals surface area contributed by atoms with E-state index in [9.17, 15) is 0 Å². The number of para-hydroxylation sites is 1. The lowest BCUT2D eigenvalue weighted by atomic mass is 9.84. The van der Waals surface area contributed by atoms with Crippen molar-refractivity contribution in [2.75, 3.05) is 32.1 Å². The van der Waals surface area contributed by atoms with E-state index in [4.69, 9.17) is 21.4 Å². The molecule has 2 aromatic rings. The number of rotatable bonds is 4. The summed E-state index contributed by atoms with van der Waals surface area (Å²) in [5.74, 6) is 0. The number of hydrazone groups is 1. The molecule has 0 aromatic heterocycles. The Bertz CT molecular complexity index is 1120. The van der Waals surface area contributed by atoms with Crippen LogP contribution in [0.15, 0.2) is 69.4 Å². The van der Waals surface area contributed by atoms with Gasteiger partial charge < -0.3 is 4.90 Å². The molecular weight excluding hydrogens is 425 g/mol. The standard InChI is InChI=1S/C24H31ClN5P/c1-7-30(8-2)31(27-20-15-11-10-14-19(20)25)22(17-26-29(31)6)23-24(3,4)18-13-9-12-16-21(18)28(23)5/h9-17H,7-8H2,1-6H3/b23-22+. The number of nitrogens with zero attached hydrogens (tertiary/aromatic N) is 5. The third kappa shape index (κ3) is 3.26. The summed E-state index contributed by atoms with van der Waals surface area (Å²) in [6.07, 6.45) is 2.03. The van der Waals surface area contributed by atoms with Gasteiger partial charge in [0.25, 0.3) is 0 Å². The molecule has 5 nitrogen and oxygen atoms in total. The molecule has 0 N–H and O–H groups in total. The Morgan fingerprint density at radius 2 is 1.68 bits per heavy atom. The monoisotopic (exact) mass is 455 g/mol. The minimum absolute atomic E-state index is 0.160. The van der Waals surface area contributed by atoms with Crippen LogP contribution in [0.5, 0.6) is 0 Å². The van der Waals surface area contributed by atoms with Crippen molar-refractivity contribution in [2.24, 2.45) is 9.85 Å². The Balaban J connectivity index is 2.08. The molecule has 0 spiro atoms. The van der Waals surface area contributed by atoms with Crippen molar-refractivity contribution in [3.63, 3.8) is 0 Å². The second-order valence-electron chi connectivity index (χ2n) is 8.43. The first-order valence-corrected chi connectivity index (χ1v) is 12.8. The highest BCUT2D eigenvalue weighted by Gasteiger charge is 2.47. The highest BCUT2D eigenvalue weighted by molar-refractivity contribution is 7.67. The predicted octanol–water partition coefficient (Wildman–Crippen LogP) is 6.91. The maximum Gasteiger partial charge on any atom is 0.174 e. The smallest absolute Gasteiger partial charge is 0.174 e. The number of anilines is 1. The summed E-state index contributed by atoms with van der Waals surface area (Å²) in [7, 11) is 1.83. The van der Waals surface area contributed by atoms with E-state index >= 15 is 0 Å². The lowest BCUT2D eigenvalue weighted by molar-refractivity contribution is 0.452. The van der Waals surface area contributed by atoms with Crippen LogP contribution in [-0.4, -0.2) is 42.8 Å². The van der Waals surface area contributed by atoms with Crippen LogP contribution >= 0.6 is 19.0 Å². The number of hydrogen-bond acceptors (Lipinski definition) is 3. The second-order valence-corrected chi connectivity index (χ2v) is 11.8. The summed E-state index contributed by atoms with van der Waals surface area (Å²) in [6, 6.07) is 16.5. The number of benzene rings is 2. The molecule has 1 unspecified atom stereocenters. The minimum atomic E-state index is -2.38. The Labute approximate surface area is 191 Å². The lowest BCUT2D eigenvalue weighted by Crippen LogP contribution is -2.30. The maximum absolute atomic E-state index is 6.59. The van der Waals surface area contributed by atoms with Crippen LogP contribution in [0.2, 0.25) is 5.02 Å². The van der Waals surface area contributed by atoms with Crippen molar-refractivity contribution in [3.05, 3.63) is 70.1 Å². The van der Waals surface area contributed by atoms with E-state index in [-0.39, 0.29) is 5.41 Å². The number of fused-ring (bicyclic) bond motifs is 1. The molecule has 0 aliphatic carbocycles. The average Bonchev–Trinajstić information content (AvgIpc) is 3.16. The van der Waals surface area contributed by atoms with Gasteiger partial charge in [0.2, 0.25) is 0 Å². The van der Waals surface area contributed by atoms with Gasteiger partial charge in [-0.3, -0.25) is 0 Å². The first-order chi connectivity index (χ1) is 14.8. The number of hydrogen-bond donors (Lipinski definition) is 0. The van der Waals surface area contributed by atoms with E-state index in [0.29, 0.717) is 5.02 Å². The summed E-state index contributed by atoms with van der Waals surface area (Å²) in [5, 5.41) is 6.68. The summed E-state index contributed by atoms with van der Waals surface area (Å²) < 4.78 is 9.96. The highest BCUT2D eigenvalue weighted by Crippen LogP contribution is 2.69. The quantitative estimate of drug-likeness (QED) is 0.469. The van der Waals surface area contributed by atoms with Gasteiger partial charge in [0.05, 0.1) is 22.2 Å². The van der Waals surface area contributed by atoms with Crippen LogP contribution in [0.3, 0.4) is 0 Å². The van der Waals surface area contributed by atoms with E-state index in [0.717, 1.165) is 18.8 Å². The maximum atomic E-state index is 6.59. The first-order valence-electron chi connectivity index (χ1n) is 10.8. The van der Waals surface area contributed by atoms with Crippen molar-refractivity contribution in [3.8, 4) is 0 Å². The van der Waals surface area contributed by atoms with Gasteiger partial charge in [-0.1, -0.05) is 69.6 Å². The zero-order chi connectivity index (χ0) is 22.4. The van der Waals surface area contributed by atoms with Crippen LogP contribution in [0.4, 0.5) is 11.4 Å². The highest BCUT2D eigenvalue weighted by atomic mass is 35.5. The lowest BCUT2D eigenvalue weighted by Gasteiger charge is -2.39. The van der Waals surface area contributed by atoms with Crippen LogP contribution in [0.25, 0.3) is 0 Å². The fourth-order valence-electron chi connectivity index (χ4n) is 4.92. The van der Waals surface area contributed by atoms with E-state index in [2.05, 4.69) is 73.4 Å². The number of halogens is 1. The van der Waals surface area contributed by atoms with Gasteiger partial charge in [0.1, 0.15) is 0 Å². The molecule has 0 amide bonds. The average molecular weight is 456 g/mol. The van der Waals surface area contributed by atoms with Gasteiger partial charge in [-0.25, -0.2) is 14.2 Å². The third-order valence-corrected chi connectivity index (χ3v) is 10.5. The molecule has 2 aromatic carbocycles. The normalized spacial score (nSPS) is 24.3. The summed E-state index contributed by atoms with van der Waals surface area (Å²) in [5.41, 5.74) is 4.49. The van der Waals surface area contributed by atoms with Crippen molar-refractivity contribution < 1.29 is 0 Å². The molecule has 2 aliphatic rings. The van der Waals surface area contributed by atoms with Crippen LogP contribution < -0.4 is 4.90 Å². The molecule has 1 atom stereocenters. The van der Waals surface area contributed by atoms with E-state index in [1.807, 2.05) is 37.5 Å². The third-order valence-electron chi connectivity index (χ3n) is 6.41. The first kappa shape index (κ1) is 22.1. The van der Waals surface area contributed by atoms with E-state index in [1.165, 1.54) is 22.3 Å². The Morgan fingerprint density at radius 1 is 1.03 bits per heavy atom. The van der Waals surface area contributed by atoms with Crippen LogP contribution in [-0.2, 0) is 5.41 Å². The molecule has 164 valence electrons. The fourth-order valence-corrected chi connectivity index (χ4v) is 8.88. The fraction of sp³-hybridized carbons (Fsp3) is 0.375. The molecule has 7 heteroatoms. The molecule has 4 rings (SSSR count). The van der Waals surface area contributed by atoms with Gasteiger partial charge in [-0.15, -0.1) is 0 Å². The molecule has 31 heavy (non-hydrogen) atoms. The molecule has 0 fully saturated rings. The summed E-state index contributed by atoms with van der Waals surface area (Å²) in [4.78, 5) is 2.33. The second kappa shape index (κ2) is 8.12. The predicted molar refractivity (Wildman–Crippen MR) is 135 cm³/mol. The van der Waals surface area contributed by atoms with Crippen molar-refractivity contribution in [2.45, 2.75) is 33.1 Å².